The Labute approximate surface area is 115 Å². The van der Waals surface area contributed by atoms with Crippen LogP contribution in [0.15, 0.2) is 47.1 Å². The van der Waals surface area contributed by atoms with Crippen LogP contribution >= 0.6 is 15.9 Å². The molecule has 1 aromatic heterocycles. The van der Waals surface area contributed by atoms with E-state index in [4.69, 9.17) is 4.74 Å². The predicted molar refractivity (Wildman–Crippen MR) is 73.7 cm³/mol. The summed E-state index contributed by atoms with van der Waals surface area (Å²) in [6.45, 7) is 1.91. The van der Waals surface area contributed by atoms with E-state index in [1.165, 1.54) is 0 Å². The number of aliphatic hydroxyl groups is 1. The van der Waals surface area contributed by atoms with Crippen LogP contribution in [0.2, 0.25) is 0 Å². The predicted octanol–water partition coefficient (Wildman–Crippen LogP) is 4.08. The molecule has 1 heterocycles. The third-order valence-corrected chi connectivity index (χ3v) is 3.01. The molecule has 94 valence electrons. The molecule has 0 amide bonds. The molecule has 4 heteroatoms. The molecule has 2 rings (SSSR count). The van der Waals surface area contributed by atoms with E-state index in [1.54, 1.807) is 12.3 Å². The lowest BCUT2D eigenvalue weighted by Gasteiger charge is -2.09. The Morgan fingerprint density at radius 2 is 2.11 bits per heavy atom. The first-order chi connectivity index (χ1) is 8.69. The molecule has 0 spiro atoms. The van der Waals surface area contributed by atoms with E-state index in [0.717, 1.165) is 10.2 Å². The monoisotopic (exact) mass is 307 g/mol. The summed E-state index contributed by atoms with van der Waals surface area (Å²) in [7, 11) is 0. The molecule has 0 radical (unpaired) electrons. The van der Waals surface area contributed by atoms with E-state index in [2.05, 4.69) is 20.9 Å². The number of rotatable bonds is 4. The maximum absolute atomic E-state index is 9.64. The first-order valence-corrected chi connectivity index (χ1v) is 6.55. The number of aromatic nitrogens is 1. The summed E-state index contributed by atoms with van der Waals surface area (Å²) in [5, 5.41) is 9.64. The van der Waals surface area contributed by atoms with Crippen molar-refractivity contribution in [3.8, 4) is 11.5 Å². The minimum atomic E-state index is -0.509. The van der Waals surface area contributed by atoms with Gasteiger partial charge >= 0.3 is 0 Å². The first-order valence-electron chi connectivity index (χ1n) is 5.76. The van der Waals surface area contributed by atoms with Crippen LogP contribution < -0.4 is 4.74 Å². The summed E-state index contributed by atoms with van der Waals surface area (Å²) in [4.78, 5) is 4.18. The number of nitrogens with zero attached hydrogens (tertiary/aromatic N) is 1. The molecular weight excluding hydrogens is 294 g/mol. The van der Waals surface area contributed by atoms with Gasteiger partial charge in [0.25, 0.3) is 0 Å². The number of ether oxygens (including phenoxy) is 1. The number of pyridine rings is 1. The van der Waals surface area contributed by atoms with Crippen LogP contribution in [0.5, 0.6) is 11.5 Å². The second-order valence-electron chi connectivity index (χ2n) is 3.90. The Bertz CT molecular complexity index is 513. The average Bonchev–Trinajstić information content (AvgIpc) is 2.39. The second kappa shape index (κ2) is 5.98. The highest BCUT2D eigenvalue weighted by Crippen LogP contribution is 2.24. The molecule has 0 aliphatic heterocycles. The molecule has 0 saturated heterocycles. The van der Waals surface area contributed by atoms with Crippen LogP contribution in [-0.4, -0.2) is 10.1 Å². The van der Waals surface area contributed by atoms with Crippen molar-refractivity contribution in [2.75, 3.05) is 0 Å². The van der Waals surface area contributed by atoms with Crippen LogP contribution in [0.25, 0.3) is 0 Å². The van der Waals surface area contributed by atoms with Gasteiger partial charge in [-0.1, -0.05) is 28.9 Å². The van der Waals surface area contributed by atoms with Crippen molar-refractivity contribution >= 4 is 15.9 Å². The highest BCUT2D eigenvalue weighted by atomic mass is 79.9. The lowest BCUT2D eigenvalue weighted by molar-refractivity contribution is 0.169. The van der Waals surface area contributed by atoms with Gasteiger partial charge in [0, 0.05) is 4.47 Å². The molecule has 0 saturated carbocycles. The standard InChI is InChI=1S/C14H14BrNO2/c1-2-14(17)13-7-6-12(9-16-13)18-11-5-3-4-10(15)8-11/h3-9,14,17H,2H2,1H3/t14-/m0/s1. The molecule has 18 heavy (non-hydrogen) atoms. The van der Waals surface area contributed by atoms with Crippen LogP contribution in [0, 0.1) is 0 Å². The van der Waals surface area contributed by atoms with Gasteiger partial charge in [-0.05, 0) is 36.8 Å². The molecule has 0 fully saturated rings. The summed E-state index contributed by atoms with van der Waals surface area (Å²) in [6, 6.07) is 11.2. The Kier molecular flexibility index (Phi) is 4.33. The topological polar surface area (TPSA) is 42.4 Å². The van der Waals surface area contributed by atoms with Crippen molar-refractivity contribution in [3.63, 3.8) is 0 Å². The largest absolute Gasteiger partial charge is 0.456 e. The molecule has 3 nitrogen and oxygen atoms in total. The van der Waals surface area contributed by atoms with Crippen molar-refractivity contribution in [3.05, 3.63) is 52.8 Å². The highest BCUT2D eigenvalue weighted by molar-refractivity contribution is 9.10. The normalized spacial score (nSPS) is 12.2. The van der Waals surface area contributed by atoms with Gasteiger partial charge in [0.1, 0.15) is 11.5 Å². The smallest absolute Gasteiger partial charge is 0.145 e. The molecule has 0 aliphatic carbocycles. The quantitative estimate of drug-likeness (QED) is 0.925. The maximum Gasteiger partial charge on any atom is 0.145 e. The van der Waals surface area contributed by atoms with E-state index < -0.39 is 6.10 Å². The SMILES string of the molecule is CC[C@H](O)c1ccc(Oc2cccc(Br)c2)cn1. The van der Waals surface area contributed by atoms with Crippen molar-refractivity contribution in [1.29, 1.82) is 0 Å². The maximum atomic E-state index is 9.64. The lowest BCUT2D eigenvalue weighted by atomic mass is 10.2. The number of hydrogen-bond acceptors (Lipinski definition) is 3. The van der Waals surface area contributed by atoms with Crippen molar-refractivity contribution in [1.82, 2.24) is 4.98 Å². The highest BCUT2D eigenvalue weighted by Gasteiger charge is 2.06. The van der Waals surface area contributed by atoms with Gasteiger partial charge in [-0.3, -0.25) is 4.98 Å². The lowest BCUT2D eigenvalue weighted by Crippen LogP contribution is -1.98. The van der Waals surface area contributed by atoms with Crippen molar-refractivity contribution in [2.24, 2.45) is 0 Å². The molecule has 2 aromatic rings. The Hall–Kier alpha value is -1.39. The fraction of sp³-hybridized carbons (Fsp3) is 0.214. The molecule has 0 unspecified atom stereocenters. The molecular formula is C14H14BrNO2. The van der Waals surface area contributed by atoms with Crippen molar-refractivity contribution in [2.45, 2.75) is 19.4 Å². The van der Waals surface area contributed by atoms with Crippen molar-refractivity contribution < 1.29 is 9.84 Å². The van der Waals surface area contributed by atoms with E-state index >= 15 is 0 Å². The Morgan fingerprint density at radius 3 is 2.72 bits per heavy atom. The zero-order valence-electron chi connectivity index (χ0n) is 10.0. The van der Waals surface area contributed by atoms with Crippen LogP contribution in [0.4, 0.5) is 0 Å². The Balaban J connectivity index is 2.11. The summed E-state index contributed by atoms with van der Waals surface area (Å²) in [6.07, 6.45) is 1.76. The van der Waals surface area contributed by atoms with E-state index in [1.807, 2.05) is 37.3 Å². The van der Waals surface area contributed by atoms with Crippen LogP contribution in [0.3, 0.4) is 0 Å². The molecule has 1 N–H and O–H groups in total. The summed E-state index contributed by atoms with van der Waals surface area (Å²) < 4.78 is 6.62. The van der Waals surface area contributed by atoms with E-state index in [0.29, 0.717) is 17.9 Å². The first kappa shape index (κ1) is 13.1. The summed E-state index contributed by atoms with van der Waals surface area (Å²) >= 11 is 3.39. The minimum Gasteiger partial charge on any atom is -0.456 e. The number of halogens is 1. The van der Waals surface area contributed by atoms with Gasteiger partial charge in [0.05, 0.1) is 18.0 Å². The zero-order valence-corrected chi connectivity index (χ0v) is 11.6. The summed E-state index contributed by atoms with van der Waals surface area (Å²) in [5.41, 5.74) is 0.666. The number of benzene rings is 1. The number of hydrogen-bond donors (Lipinski definition) is 1. The molecule has 1 atom stereocenters. The fourth-order valence-corrected chi connectivity index (χ4v) is 1.90. The third-order valence-electron chi connectivity index (χ3n) is 2.52. The van der Waals surface area contributed by atoms with Crippen LogP contribution in [0.1, 0.15) is 25.1 Å². The van der Waals surface area contributed by atoms with Gasteiger partial charge in [0.2, 0.25) is 0 Å². The van der Waals surface area contributed by atoms with Gasteiger partial charge in [-0.15, -0.1) is 0 Å². The zero-order chi connectivity index (χ0) is 13.0. The number of aliphatic hydroxyl groups excluding tert-OH is 1. The Morgan fingerprint density at radius 1 is 1.28 bits per heavy atom. The van der Waals surface area contributed by atoms with Gasteiger partial charge in [0.15, 0.2) is 0 Å². The second-order valence-corrected chi connectivity index (χ2v) is 4.82. The van der Waals surface area contributed by atoms with E-state index in [9.17, 15) is 5.11 Å². The molecule has 1 aromatic carbocycles. The van der Waals surface area contributed by atoms with Gasteiger partial charge < -0.3 is 9.84 Å². The van der Waals surface area contributed by atoms with Crippen LogP contribution in [-0.2, 0) is 0 Å². The van der Waals surface area contributed by atoms with Gasteiger partial charge in [-0.25, -0.2) is 0 Å². The average molecular weight is 308 g/mol. The summed E-state index contributed by atoms with van der Waals surface area (Å²) in [5.74, 6) is 1.40. The minimum absolute atomic E-state index is 0.509. The third kappa shape index (κ3) is 3.31. The van der Waals surface area contributed by atoms with E-state index in [-0.39, 0.29) is 0 Å². The molecule has 0 aliphatic rings. The fourth-order valence-electron chi connectivity index (χ4n) is 1.52. The molecule has 0 bridgehead atoms. The van der Waals surface area contributed by atoms with Gasteiger partial charge in [-0.2, -0.15) is 0 Å².